The number of benzene rings is 1. The number of methoxy groups -OCH3 is 2. The summed E-state index contributed by atoms with van der Waals surface area (Å²) >= 11 is 1.40. The summed E-state index contributed by atoms with van der Waals surface area (Å²) < 4.78 is 37.9. The first-order chi connectivity index (χ1) is 15.4. The second-order valence-electron chi connectivity index (χ2n) is 7.64. The number of ether oxygens (including phenoxy) is 2. The Balaban J connectivity index is 1.56. The van der Waals surface area contributed by atoms with Crippen molar-refractivity contribution in [3.63, 3.8) is 0 Å². The van der Waals surface area contributed by atoms with E-state index in [2.05, 4.69) is 22.4 Å². The van der Waals surface area contributed by atoms with Crippen LogP contribution in [-0.2, 0) is 21.2 Å². The Morgan fingerprint density at radius 1 is 1.16 bits per heavy atom. The van der Waals surface area contributed by atoms with Crippen LogP contribution in [0, 0.1) is 5.92 Å². The number of nitrogens with one attached hydrogen (secondary N) is 1. The highest BCUT2D eigenvalue weighted by atomic mass is 32.2. The number of nitrogens with zero attached hydrogens (tertiary/aromatic N) is 3. The standard InChI is InChI=1S/C21H30N4O5S2/c1-4-5-6-7-19-23-24-21(31-19)22-20(26)15-10-12-25(13-11-15)32(27,28)16-8-9-17(29-2)18(14-16)30-3/h8-9,14-15H,4-7,10-13H2,1-3H3,(H,22,24,26). The van der Waals surface area contributed by atoms with E-state index in [1.54, 1.807) is 6.07 Å². The number of aryl methyl sites for hydroxylation is 1. The molecule has 0 saturated carbocycles. The summed E-state index contributed by atoms with van der Waals surface area (Å²) in [5.74, 6) is 0.421. The van der Waals surface area contributed by atoms with Gasteiger partial charge in [-0.05, 0) is 31.4 Å². The summed E-state index contributed by atoms with van der Waals surface area (Å²) in [5, 5.41) is 12.5. The first-order valence-electron chi connectivity index (χ1n) is 10.7. The van der Waals surface area contributed by atoms with E-state index < -0.39 is 10.0 Å². The van der Waals surface area contributed by atoms with E-state index in [1.807, 2.05) is 0 Å². The lowest BCUT2D eigenvalue weighted by atomic mass is 9.97. The van der Waals surface area contributed by atoms with Crippen LogP contribution in [0.3, 0.4) is 0 Å². The van der Waals surface area contributed by atoms with Crippen LogP contribution in [0.15, 0.2) is 23.1 Å². The summed E-state index contributed by atoms with van der Waals surface area (Å²) in [4.78, 5) is 12.8. The minimum atomic E-state index is -3.69. The van der Waals surface area contributed by atoms with Gasteiger partial charge < -0.3 is 14.8 Å². The lowest BCUT2D eigenvalue weighted by Crippen LogP contribution is -2.41. The first-order valence-corrected chi connectivity index (χ1v) is 13.0. The van der Waals surface area contributed by atoms with Crippen LogP contribution in [0.4, 0.5) is 5.13 Å². The van der Waals surface area contributed by atoms with E-state index in [4.69, 9.17) is 9.47 Å². The molecule has 2 heterocycles. The molecular formula is C21H30N4O5S2. The van der Waals surface area contributed by atoms with Crippen molar-refractivity contribution in [1.82, 2.24) is 14.5 Å². The molecule has 0 unspecified atom stereocenters. The lowest BCUT2D eigenvalue weighted by molar-refractivity contribution is -0.120. The van der Waals surface area contributed by atoms with Crippen molar-refractivity contribution >= 4 is 32.4 Å². The van der Waals surface area contributed by atoms with Crippen LogP contribution >= 0.6 is 11.3 Å². The summed E-state index contributed by atoms with van der Waals surface area (Å²) in [7, 11) is -0.730. The molecule has 1 aliphatic heterocycles. The molecule has 3 rings (SSSR count). The zero-order chi connectivity index (χ0) is 23.1. The van der Waals surface area contributed by atoms with Gasteiger partial charge in [-0.1, -0.05) is 31.1 Å². The largest absolute Gasteiger partial charge is 0.493 e. The van der Waals surface area contributed by atoms with Crippen molar-refractivity contribution in [1.29, 1.82) is 0 Å². The first kappa shape index (κ1) is 24.4. The Morgan fingerprint density at radius 3 is 2.53 bits per heavy atom. The smallest absolute Gasteiger partial charge is 0.243 e. The van der Waals surface area contributed by atoms with E-state index >= 15 is 0 Å². The molecule has 1 amide bonds. The van der Waals surface area contributed by atoms with Crippen molar-refractivity contribution in [2.75, 3.05) is 32.6 Å². The normalized spacial score (nSPS) is 15.5. The van der Waals surface area contributed by atoms with Gasteiger partial charge in [0.15, 0.2) is 11.5 Å². The molecule has 32 heavy (non-hydrogen) atoms. The summed E-state index contributed by atoms with van der Waals surface area (Å²) in [6.07, 6.45) is 5.11. The highest BCUT2D eigenvalue weighted by molar-refractivity contribution is 7.89. The molecule has 0 radical (unpaired) electrons. The number of carbonyl (C=O) groups is 1. The average molecular weight is 483 g/mol. The van der Waals surface area contributed by atoms with Crippen LogP contribution in [0.25, 0.3) is 0 Å². The topological polar surface area (TPSA) is 111 Å². The Bertz CT molecular complexity index is 1020. The van der Waals surface area contributed by atoms with Crippen LogP contribution in [0.5, 0.6) is 11.5 Å². The molecule has 0 atom stereocenters. The molecule has 0 bridgehead atoms. The second kappa shape index (κ2) is 11.1. The number of hydrogen-bond donors (Lipinski definition) is 1. The number of anilines is 1. The number of unbranched alkanes of at least 4 members (excludes halogenated alkanes) is 2. The Labute approximate surface area is 193 Å². The van der Waals surface area contributed by atoms with Gasteiger partial charge >= 0.3 is 0 Å². The molecule has 1 N–H and O–H groups in total. The molecule has 1 saturated heterocycles. The van der Waals surface area contributed by atoms with Gasteiger partial charge in [-0.3, -0.25) is 4.79 Å². The Kier molecular flexibility index (Phi) is 8.44. The van der Waals surface area contributed by atoms with Crippen LogP contribution in [0.2, 0.25) is 0 Å². The van der Waals surface area contributed by atoms with Crippen molar-refractivity contribution in [3.05, 3.63) is 23.2 Å². The van der Waals surface area contributed by atoms with Crippen molar-refractivity contribution in [2.24, 2.45) is 5.92 Å². The van der Waals surface area contributed by atoms with E-state index in [0.29, 0.717) is 29.5 Å². The van der Waals surface area contributed by atoms with Crippen molar-refractivity contribution in [3.8, 4) is 11.5 Å². The number of sulfonamides is 1. The predicted octanol–water partition coefficient (Wildman–Crippen LogP) is 3.33. The highest BCUT2D eigenvalue weighted by Crippen LogP contribution is 2.32. The molecule has 176 valence electrons. The maximum Gasteiger partial charge on any atom is 0.243 e. The number of rotatable bonds is 10. The fourth-order valence-electron chi connectivity index (χ4n) is 3.62. The highest BCUT2D eigenvalue weighted by Gasteiger charge is 2.33. The summed E-state index contributed by atoms with van der Waals surface area (Å²) in [6, 6.07) is 4.54. The SMILES string of the molecule is CCCCCc1nnc(NC(=O)C2CCN(S(=O)(=O)c3ccc(OC)c(OC)c3)CC2)s1. The van der Waals surface area contributed by atoms with Gasteiger partial charge in [0, 0.05) is 31.5 Å². The van der Waals surface area contributed by atoms with Gasteiger partial charge in [0.05, 0.1) is 19.1 Å². The predicted molar refractivity (Wildman–Crippen MR) is 123 cm³/mol. The van der Waals surface area contributed by atoms with Gasteiger partial charge in [0.25, 0.3) is 0 Å². The summed E-state index contributed by atoms with van der Waals surface area (Å²) in [5.41, 5.74) is 0. The summed E-state index contributed by atoms with van der Waals surface area (Å²) in [6.45, 7) is 2.69. The van der Waals surface area contributed by atoms with Crippen LogP contribution in [-0.4, -0.2) is 56.1 Å². The molecule has 0 aliphatic carbocycles. The molecule has 0 spiro atoms. The van der Waals surface area contributed by atoms with Gasteiger partial charge in [-0.15, -0.1) is 10.2 Å². The van der Waals surface area contributed by atoms with Gasteiger partial charge in [0.2, 0.25) is 21.1 Å². The third-order valence-electron chi connectivity index (χ3n) is 5.51. The quantitative estimate of drug-likeness (QED) is 0.517. The molecule has 1 aromatic heterocycles. The molecule has 1 aliphatic rings. The molecule has 9 nitrogen and oxygen atoms in total. The molecule has 2 aromatic rings. The zero-order valence-corrected chi connectivity index (χ0v) is 20.3. The Morgan fingerprint density at radius 2 is 1.88 bits per heavy atom. The lowest BCUT2D eigenvalue weighted by Gasteiger charge is -2.30. The zero-order valence-electron chi connectivity index (χ0n) is 18.7. The number of hydrogen-bond acceptors (Lipinski definition) is 8. The number of aromatic nitrogens is 2. The average Bonchev–Trinajstić information content (AvgIpc) is 3.25. The van der Waals surface area contributed by atoms with Crippen LogP contribution < -0.4 is 14.8 Å². The number of carbonyl (C=O) groups excluding carboxylic acids is 1. The molecular weight excluding hydrogens is 452 g/mol. The number of amides is 1. The van der Waals surface area contributed by atoms with E-state index in [1.165, 1.54) is 42.0 Å². The fourth-order valence-corrected chi connectivity index (χ4v) is 5.89. The number of piperidine rings is 1. The van der Waals surface area contributed by atoms with E-state index in [0.717, 1.165) is 30.7 Å². The molecule has 1 aromatic carbocycles. The fraction of sp³-hybridized carbons (Fsp3) is 0.571. The molecule has 1 fully saturated rings. The van der Waals surface area contributed by atoms with E-state index in [9.17, 15) is 13.2 Å². The minimum Gasteiger partial charge on any atom is -0.493 e. The molecule has 11 heteroatoms. The van der Waals surface area contributed by atoms with Crippen LogP contribution in [0.1, 0.15) is 44.0 Å². The maximum absolute atomic E-state index is 13.0. The third-order valence-corrected chi connectivity index (χ3v) is 8.30. The van der Waals surface area contributed by atoms with Gasteiger partial charge in [-0.2, -0.15) is 4.31 Å². The van der Waals surface area contributed by atoms with Gasteiger partial charge in [0.1, 0.15) is 5.01 Å². The monoisotopic (exact) mass is 482 g/mol. The maximum atomic E-state index is 13.0. The Hall–Kier alpha value is -2.24. The van der Waals surface area contributed by atoms with Crippen molar-refractivity contribution < 1.29 is 22.7 Å². The minimum absolute atomic E-state index is 0.135. The van der Waals surface area contributed by atoms with Crippen molar-refractivity contribution in [2.45, 2.75) is 50.3 Å². The third kappa shape index (κ3) is 5.76. The van der Waals surface area contributed by atoms with Gasteiger partial charge in [-0.25, -0.2) is 8.42 Å². The second-order valence-corrected chi connectivity index (χ2v) is 10.6. The van der Waals surface area contributed by atoms with E-state index in [-0.39, 0.29) is 29.8 Å².